The second kappa shape index (κ2) is 58.3. The van der Waals surface area contributed by atoms with Gasteiger partial charge in [-0.15, -0.1) is 0 Å². The monoisotopic (exact) mass is 1100 g/mol. The van der Waals surface area contributed by atoms with Crippen LogP contribution in [0.2, 0.25) is 0 Å². The summed E-state index contributed by atoms with van der Waals surface area (Å²) in [6.07, 6.45) is 82.3. The van der Waals surface area contributed by atoms with E-state index >= 15 is 0 Å². The fraction of sp³-hybridized carbons (Fsp3) is 0.779. The predicted octanol–water partition coefficient (Wildman–Crippen LogP) is 20.4. The number of aliphatic hydroxyl groups is 1. The van der Waals surface area contributed by atoms with Crippen LogP contribution in [-0.2, 0) is 18.4 Å². The lowest BCUT2D eigenvalue weighted by Crippen LogP contribution is -2.46. The number of hydrogen-bond acceptors (Lipinski definition) is 5. The molecule has 0 spiro atoms. The summed E-state index contributed by atoms with van der Waals surface area (Å²) < 4.78 is 23.8. The number of amides is 1. The lowest BCUT2D eigenvalue weighted by atomic mass is 10.0. The molecule has 0 radical (unpaired) electrons. The minimum atomic E-state index is -4.33. The highest BCUT2D eigenvalue weighted by molar-refractivity contribution is 7.47. The van der Waals surface area contributed by atoms with E-state index in [1.54, 1.807) is 0 Å². The molecule has 0 aromatic carbocycles. The lowest BCUT2D eigenvalue weighted by Gasteiger charge is -2.26. The Hall–Kier alpha value is -2.32. The van der Waals surface area contributed by atoms with E-state index in [9.17, 15) is 19.4 Å². The van der Waals surface area contributed by atoms with Crippen LogP contribution in [-0.4, -0.2) is 73.4 Å². The van der Waals surface area contributed by atoms with Crippen LogP contribution in [0.1, 0.15) is 290 Å². The molecule has 0 aromatic heterocycles. The van der Waals surface area contributed by atoms with Gasteiger partial charge in [-0.25, -0.2) is 4.57 Å². The second-order valence-electron chi connectivity index (χ2n) is 23.1. The van der Waals surface area contributed by atoms with Crippen LogP contribution in [0, 0.1) is 0 Å². The molecule has 77 heavy (non-hydrogen) atoms. The van der Waals surface area contributed by atoms with Gasteiger partial charge < -0.3 is 19.8 Å². The van der Waals surface area contributed by atoms with Crippen molar-refractivity contribution in [2.45, 2.75) is 302 Å². The summed E-state index contributed by atoms with van der Waals surface area (Å²) >= 11 is 0. The molecule has 0 aliphatic heterocycles. The summed E-state index contributed by atoms with van der Waals surface area (Å²) in [5.74, 6) is -0.144. The molecule has 8 nitrogen and oxygen atoms in total. The van der Waals surface area contributed by atoms with Gasteiger partial charge in [0, 0.05) is 6.42 Å². The van der Waals surface area contributed by atoms with Crippen LogP contribution in [0.5, 0.6) is 0 Å². The number of nitrogens with one attached hydrogen (secondary N) is 1. The molecule has 0 saturated carbocycles. The summed E-state index contributed by atoms with van der Waals surface area (Å²) in [4.78, 5) is 23.4. The number of nitrogens with zero attached hydrogens (tertiary/aromatic N) is 1. The zero-order valence-corrected chi connectivity index (χ0v) is 52.1. The van der Waals surface area contributed by atoms with Gasteiger partial charge in [-0.2, -0.15) is 0 Å². The van der Waals surface area contributed by atoms with Crippen LogP contribution >= 0.6 is 7.82 Å². The number of quaternary nitrogens is 1. The topological polar surface area (TPSA) is 105 Å². The average molecular weight is 1100 g/mol. The van der Waals surface area contributed by atoms with Gasteiger partial charge in [-0.05, 0) is 70.6 Å². The zero-order valence-electron chi connectivity index (χ0n) is 51.2. The van der Waals surface area contributed by atoms with Crippen LogP contribution < -0.4 is 5.32 Å². The molecule has 0 aromatic rings. The third kappa shape index (κ3) is 61.2. The normalized spacial score (nSPS) is 14.3. The molecular formula is C68H126N2O6P+. The summed E-state index contributed by atoms with van der Waals surface area (Å²) in [6.45, 7) is 4.80. The fourth-order valence-corrected chi connectivity index (χ4v) is 10.1. The van der Waals surface area contributed by atoms with Gasteiger partial charge in [0.1, 0.15) is 13.2 Å². The maximum Gasteiger partial charge on any atom is 0.472 e. The number of unbranched alkanes of at least 4 members (excludes halogenated alkanes) is 32. The molecule has 0 aliphatic carbocycles. The SMILES string of the molecule is CC/C=C\C/C=C\C/C=C\C/C=C\C/C=C\C/C=C\C/C=C\CCCCCCCCCCCCCCCCCC(=O)NC(COP(=O)(O)OCC[N+](C)(C)C)C(O)CCCCCCCCCCCCCCCCCCCC. The largest absolute Gasteiger partial charge is 0.472 e. The Morgan fingerprint density at radius 3 is 1.14 bits per heavy atom. The number of hydrogen-bond donors (Lipinski definition) is 3. The van der Waals surface area contributed by atoms with Crippen LogP contribution in [0.15, 0.2) is 85.1 Å². The molecule has 0 aliphatic rings. The average Bonchev–Trinajstić information content (AvgIpc) is 3.39. The summed E-state index contributed by atoms with van der Waals surface area (Å²) in [6, 6.07) is -0.764. The number of phosphoric acid groups is 1. The van der Waals surface area contributed by atoms with Crippen molar-refractivity contribution in [1.29, 1.82) is 0 Å². The molecule has 9 heteroatoms. The lowest BCUT2D eigenvalue weighted by molar-refractivity contribution is -0.870. The minimum Gasteiger partial charge on any atom is -0.391 e. The van der Waals surface area contributed by atoms with Crippen molar-refractivity contribution in [3.05, 3.63) is 85.1 Å². The minimum absolute atomic E-state index is 0.0732. The van der Waals surface area contributed by atoms with E-state index in [-0.39, 0.29) is 19.1 Å². The number of carbonyl (C=O) groups is 1. The van der Waals surface area contributed by atoms with Crippen molar-refractivity contribution in [2.75, 3.05) is 40.9 Å². The zero-order chi connectivity index (χ0) is 56.3. The van der Waals surface area contributed by atoms with Crippen molar-refractivity contribution >= 4 is 13.7 Å². The molecule has 0 rings (SSSR count). The third-order valence-corrected chi connectivity index (χ3v) is 15.4. The molecule has 3 atom stereocenters. The Bertz CT molecular complexity index is 1530. The van der Waals surface area contributed by atoms with Gasteiger partial charge in [0.05, 0.1) is 39.9 Å². The first-order chi connectivity index (χ1) is 37.5. The van der Waals surface area contributed by atoms with Gasteiger partial charge >= 0.3 is 7.82 Å². The summed E-state index contributed by atoms with van der Waals surface area (Å²) in [5, 5.41) is 14.1. The third-order valence-electron chi connectivity index (χ3n) is 14.4. The summed E-state index contributed by atoms with van der Waals surface area (Å²) in [7, 11) is 1.62. The van der Waals surface area contributed by atoms with Crippen molar-refractivity contribution in [3.63, 3.8) is 0 Å². The van der Waals surface area contributed by atoms with Gasteiger partial charge in [0.2, 0.25) is 5.91 Å². The van der Waals surface area contributed by atoms with Crippen molar-refractivity contribution in [1.82, 2.24) is 5.32 Å². The summed E-state index contributed by atoms with van der Waals surface area (Å²) in [5.41, 5.74) is 0. The number of likely N-dealkylation sites (N-methyl/N-ethyl adjacent to an activating group) is 1. The molecule has 448 valence electrons. The standard InChI is InChI=1S/C68H125N2O6P/c1-6-8-10-12-14-16-18-20-22-24-26-27-28-29-30-31-32-33-34-35-36-37-38-39-40-41-42-43-44-46-48-50-52-54-56-58-60-62-68(72)69-66(65-76-77(73,74)75-64-63-70(3,4)5)67(71)61-59-57-55-53-51-49-47-45-25-23-21-19-17-15-13-11-9-7-2/h8,10,14,16,20,22,26-27,29-30,32-33,35-36,66-67,71H,6-7,9,11-13,15,17-19,21,23-25,28,31,34,37-65H2,1-5H3,(H-,69,72,73,74)/p+1/b10-8-,16-14-,22-20-,27-26-,30-29-,33-32-,36-35-. The maximum absolute atomic E-state index is 13.0. The number of phosphoric ester groups is 1. The molecule has 1 amide bonds. The molecule has 3 unspecified atom stereocenters. The highest BCUT2D eigenvalue weighted by Crippen LogP contribution is 2.43. The van der Waals surface area contributed by atoms with E-state index in [0.717, 1.165) is 83.5 Å². The van der Waals surface area contributed by atoms with Gasteiger partial charge in [-0.3, -0.25) is 13.8 Å². The highest BCUT2D eigenvalue weighted by atomic mass is 31.2. The predicted molar refractivity (Wildman–Crippen MR) is 336 cm³/mol. The van der Waals surface area contributed by atoms with Gasteiger partial charge in [0.15, 0.2) is 0 Å². The first-order valence-corrected chi connectivity index (χ1v) is 33.9. The van der Waals surface area contributed by atoms with E-state index in [4.69, 9.17) is 9.05 Å². The van der Waals surface area contributed by atoms with Crippen molar-refractivity contribution < 1.29 is 32.9 Å². The fourth-order valence-electron chi connectivity index (χ4n) is 9.38. The second-order valence-corrected chi connectivity index (χ2v) is 24.6. The number of carbonyl (C=O) groups excluding carboxylic acids is 1. The van der Waals surface area contributed by atoms with Crippen molar-refractivity contribution in [2.24, 2.45) is 0 Å². The number of allylic oxidation sites excluding steroid dienone is 14. The smallest absolute Gasteiger partial charge is 0.391 e. The molecule has 0 fully saturated rings. The van der Waals surface area contributed by atoms with E-state index in [0.29, 0.717) is 23.9 Å². The first kappa shape index (κ1) is 74.7. The van der Waals surface area contributed by atoms with Crippen molar-refractivity contribution in [3.8, 4) is 0 Å². The highest BCUT2D eigenvalue weighted by Gasteiger charge is 2.28. The van der Waals surface area contributed by atoms with Crippen LogP contribution in [0.3, 0.4) is 0 Å². The van der Waals surface area contributed by atoms with E-state index in [2.05, 4.69) is 104 Å². The van der Waals surface area contributed by atoms with E-state index < -0.39 is 20.0 Å². The first-order valence-electron chi connectivity index (χ1n) is 32.5. The van der Waals surface area contributed by atoms with Crippen LogP contribution in [0.4, 0.5) is 0 Å². The molecule has 0 heterocycles. The Kier molecular flexibility index (Phi) is 56.6. The Morgan fingerprint density at radius 2 is 0.779 bits per heavy atom. The molecular weight excluding hydrogens is 972 g/mol. The Balaban J connectivity index is 4.03. The molecule has 0 saturated heterocycles. The number of aliphatic hydroxyl groups excluding tert-OH is 1. The quantitative estimate of drug-likeness (QED) is 0.0243. The maximum atomic E-state index is 13.0. The van der Waals surface area contributed by atoms with E-state index in [1.165, 1.54) is 180 Å². The molecule has 0 bridgehead atoms. The Morgan fingerprint density at radius 1 is 0.455 bits per heavy atom. The van der Waals surface area contributed by atoms with Gasteiger partial charge in [0.25, 0.3) is 0 Å². The Labute approximate surface area is 477 Å². The molecule has 3 N–H and O–H groups in total. The van der Waals surface area contributed by atoms with E-state index in [1.807, 2.05) is 21.1 Å². The van der Waals surface area contributed by atoms with Crippen LogP contribution in [0.25, 0.3) is 0 Å². The van der Waals surface area contributed by atoms with Gasteiger partial charge in [-0.1, -0.05) is 298 Å². The number of rotatable bonds is 59.